The summed E-state index contributed by atoms with van der Waals surface area (Å²) in [5, 5.41) is 3.34. The van der Waals surface area contributed by atoms with Gasteiger partial charge in [-0.3, -0.25) is 0 Å². The first-order valence-electron chi connectivity index (χ1n) is 6.44. The number of benzene rings is 1. The van der Waals surface area contributed by atoms with Gasteiger partial charge in [0.1, 0.15) is 23.7 Å². The van der Waals surface area contributed by atoms with E-state index in [0.29, 0.717) is 12.6 Å². The van der Waals surface area contributed by atoms with Crippen molar-refractivity contribution in [3.8, 4) is 11.5 Å². The van der Waals surface area contributed by atoms with Crippen molar-refractivity contribution < 1.29 is 9.47 Å². The molecule has 1 aliphatic heterocycles. The fraction of sp³-hybridized carbons (Fsp3) is 0.467. The van der Waals surface area contributed by atoms with Gasteiger partial charge in [-0.15, -0.1) is 0 Å². The van der Waals surface area contributed by atoms with Crippen LogP contribution in [0.3, 0.4) is 0 Å². The minimum atomic E-state index is -0.171. The molecule has 0 saturated carbocycles. The molecule has 4 heteroatoms. The normalized spacial score (nSPS) is 20.9. The molecule has 0 aromatic heterocycles. The molecule has 0 spiro atoms. The Morgan fingerprint density at radius 1 is 1.53 bits per heavy atom. The molecule has 0 bridgehead atoms. The zero-order valence-electron chi connectivity index (χ0n) is 11.6. The molecule has 1 atom stereocenters. The van der Waals surface area contributed by atoms with E-state index in [2.05, 4.69) is 25.2 Å². The third-order valence-electron chi connectivity index (χ3n) is 3.23. The summed E-state index contributed by atoms with van der Waals surface area (Å²) in [5.41, 5.74) is 2.46. The van der Waals surface area contributed by atoms with E-state index in [4.69, 9.17) is 21.1 Å². The predicted molar refractivity (Wildman–Crippen MR) is 78.1 cm³/mol. The fourth-order valence-corrected chi connectivity index (χ4v) is 2.43. The van der Waals surface area contributed by atoms with Crippen LogP contribution in [-0.2, 0) is 0 Å². The highest BCUT2D eigenvalue weighted by atomic mass is 35.5. The van der Waals surface area contributed by atoms with Crippen molar-refractivity contribution in [2.75, 3.05) is 13.7 Å². The highest BCUT2D eigenvalue weighted by Crippen LogP contribution is 2.40. The van der Waals surface area contributed by atoms with Crippen molar-refractivity contribution >= 4 is 11.6 Å². The van der Waals surface area contributed by atoms with E-state index >= 15 is 0 Å². The molecule has 1 N–H and O–H groups in total. The summed E-state index contributed by atoms with van der Waals surface area (Å²) in [4.78, 5) is 0. The van der Waals surface area contributed by atoms with E-state index in [1.165, 1.54) is 11.1 Å². The Kier molecular flexibility index (Phi) is 4.38. The average molecular weight is 282 g/mol. The Hall–Kier alpha value is -1.19. The Labute approximate surface area is 119 Å². The van der Waals surface area contributed by atoms with Crippen LogP contribution >= 0.6 is 11.6 Å². The molecule has 1 aromatic carbocycles. The molecule has 1 aliphatic rings. The first kappa shape index (κ1) is 14.2. The van der Waals surface area contributed by atoms with Crippen molar-refractivity contribution in [1.29, 1.82) is 0 Å². The lowest BCUT2D eigenvalue weighted by Crippen LogP contribution is -2.38. The van der Waals surface area contributed by atoms with Gasteiger partial charge in [0.05, 0.1) is 0 Å². The maximum Gasteiger partial charge on any atom is 0.128 e. The number of halogens is 1. The lowest BCUT2D eigenvalue weighted by Gasteiger charge is -2.37. The van der Waals surface area contributed by atoms with E-state index in [-0.39, 0.29) is 5.60 Å². The average Bonchev–Trinajstić information content (AvgIpc) is 2.36. The summed E-state index contributed by atoms with van der Waals surface area (Å²) in [6.07, 6.45) is 2.70. The zero-order valence-corrected chi connectivity index (χ0v) is 12.3. The fourth-order valence-electron chi connectivity index (χ4n) is 2.36. The van der Waals surface area contributed by atoms with Crippen LogP contribution in [0.15, 0.2) is 29.8 Å². The molecule has 104 valence electrons. The van der Waals surface area contributed by atoms with Crippen LogP contribution in [0.25, 0.3) is 0 Å². The Morgan fingerprint density at radius 2 is 2.32 bits per heavy atom. The van der Waals surface area contributed by atoms with Gasteiger partial charge in [0.2, 0.25) is 0 Å². The summed E-state index contributed by atoms with van der Waals surface area (Å²) in [7, 11) is 1.98. The van der Waals surface area contributed by atoms with Crippen molar-refractivity contribution in [3.63, 3.8) is 0 Å². The van der Waals surface area contributed by atoms with Crippen LogP contribution in [0.2, 0.25) is 0 Å². The monoisotopic (exact) mass is 281 g/mol. The van der Waals surface area contributed by atoms with Crippen LogP contribution in [0.4, 0.5) is 0 Å². The standard InChI is InChI=1S/C15H20ClNO2/c1-15(2)10-13(17-3)12-6-5-11(9-14(12)19-15)18-8-4-7-16/h4-7,9,13,17H,8,10H2,1-3H3. The molecule has 19 heavy (non-hydrogen) atoms. The number of hydrogen-bond donors (Lipinski definition) is 1. The largest absolute Gasteiger partial charge is 0.489 e. The van der Waals surface area contributed by atoms with Gasteiger partial charge < -0.3 is 14.8 Å². The van der Waals surface area contributed by atoms with Crippen LogP contribution in [-0.4, -0.2) is 19.3 Å². The van der Waals surface area contributed by atoms with Gasteiger partial charge in [0.25, 0.3) is 0 Å². The van der Waals surface area contributed by atoms with Crippen molar-refractivity contribution in [2.45, 2.75) is 31.9 Å². The van der Waals surface area contributed by atoms with Crippen molar-refractivity contribution in [3.05, 3.63) is 35.4 Å². The van der Waals surface area contributed by atoms with Crippen LogP contribution in [0.5, 0.6) is 11.5 Å². The molecule has 3 nitrogen and oxygen atoms in total. The van der Waals surface area contributed by atoms with Crippen LogP contribution in [0.1, 0.15) is 31.9 Å². The lowest BCUT2D eigenvalue weighted by molar-refractivity contribution is 0.0671. The summed E-state index contributed by atoms with van der Waals surface area (Å²) in [6, 6.07) is 6.29. The second-order valence-corrected chi connectivity index (χ2v) is 5.53. The third kappa shape index (κ3) is 3.43. The first-order chi connectivity index (χ1) is 9.05. The van der Waals surface area contributed by atoms with Gasteiger partial charge in [0.15, 0.2) is 0 Å². The first-order valence-corrected chi connectivity index (χ1v) is 6.87. The highest BCUT2D eigenvalue weighted by Gasteiger charge is 2.33. The molecule has 1 heterocycles. The maximum absolute atomic E-state index is 6.03. The van der Waals surface area contributed by atoms with E-state index < -0.39 is 0 Å². The van der Waals surface area contributed by atoms with E-state index in [0.717, 1.165) is 17.9 Å². The van der Waals surface area contributed by atoms with Gasteiger partial charge in [-0.25, -0.2) is 0 Å². The molecule has 1 unspecified atom stereocenters. The van der Waals surface area contributed by atoms with Crippen molar-refractivity contribution in [1.82, 2.24) is 5.32 Å². The Morgan fingerprint density at radius 3 is 3.00 bits per heavy atom. The second kappa shape index (κ2) is 5.85. The van der Waals surface area contributed by atoms with Gasteiger partial charge in [0, 0.05) is 29.6 Å². The van der Waals surface area contributed by atoms with Gasteiger partial charge in [-0.05, 0) is 33.0 Å². The van der Waals surface area contributed by atoms with Gasteiger partial charge in [-0.2, -0.15) is 0 Å². The molecule has 0 aliphatic carbocycles. The summed E-state index contributed by atoms with van der Waals surface area (Å²) < 4.78 is 11.6. The molecule has 1 aromatic rings. The zero-order chi connectivity index (χ0) is 13.9. The number of rotatable bonds is 4. The molecule has 0 fully saturated rings. The number of fused-ring (bicyclic) bond motifs is 1. The quantitative estimate of drug-likeness (QED) is 0.914. The van der Waals surface area contributed by atoms with Gasteiger partial charge >= 0.3 is 0 Å². The van der Waals surface area contributed by atoms with E-state index in [1.807, 2.05) is 19.2 Å². The van der Waals surface area contributed by atoms with Gasteiger partial charge in [-0.1, -0.05) is 17.7 Å². The van der Waals surface area contributed by atoms with E-state index in [9.17, 15) is 0 Å². The molecular weight excluding hydrogens is 262 g/mol. The topological polar surface area (TPSA) is 30.5 Å². The van der Waals surface area contributed by atoms with Crippen molar-refractivity contribution in [2.24, 2.45) is 0 Å². The SMILES string of the molecule is CNC1CC(C)(C)Oc2cc(OCC=CCl)ccc21. The smallest absolute Gasteiger partial charge is 0.128 e. The Bertz CT molecular complexity index is 471. The molecule has 0 saturated heterocycles. The molecule has 2 rings (SSSR count). The molecular formula is C15H20ClNO2. The summed E-state index contributed by atoms with van der Waals surface area (Å²) >= 11 is 5.46. The predicted octanol–water partition coefficient (Wildman–Crippen LogP) is 3.64. The summed E-state index contributed by atoms with van der Waals surface area (Å²) in [6.45, 7) is 4.66. The minimum Gasteiger partial charge on any atom is -0.489 e. The number of ether oxygens (including phenoxy) is 2. The molecule has 0 amide bonds. The maximum atomic E-state index is 6.03. The van der Waals surface area contributed by atoms with Crippen LogP contribution < -0.4 is 14.8 Å². The number of nitrogens with one attached hydrogen (secondary N) is 1. The Balaban J connectivity index is 2.23. The minimum absolute atomic E-state index is 0.171. The van der Waals surface area contributed by atoms with Crippen LogP contribution in [0, 0.1) is 0 Å². The second-order valence-electron chi connectivity index (χ2n) is 5.28. The highest BCUT2D eigenvalue weighted by molar-refractivity contribution is 6.25. The lowest BCUT2D eigenvalue weighted by atomic mass is 9.90. The number of hydrogen-bond acceptors (Lipinski definition) is 3. The third-order valence-corrected chi connectivity index (χ3v) is 3.40. The van der Waals surface area contributed by atoms with E-state index in [1.54, 1.807) is 6.08 Å². The molecule has 0 radical (unpaired) electrons. The summed E-state index contributed by atoms with van der Waals surface area (Å²) in [5.74, 6) is 1.68.